The van der Waals surface area contributed by atoms with E-state index in [1.807, 2.05) is 0 Å². The van der Waals surface area contributed by atoms with Crippen molar-refractivity contribution in [3.05, 3.63) is 58.2 Å². The molecule has 1 aromatic carbocycles. The van der Waals surface area contributed by atoms with Gasteiger partial charge in [0.15, 0.2) is 0 Å². The van der Waals surface area contributed by atoms with E-state index in [0.717, 1.165) is 6.07 Å². The van der Waals surface area contributed by atoms with Crippen LogP contribution in [0.15, 0.2) is 47.1 Å². The molecule has 1 aromatic heterocycles. The molecule has 2 rings (SSSR count). The number of benzene rings is 1. The lowest BCUT2D eigenvalue weighted by molar-refractivity contribution is -0.138. The summed E-state index contributed by atoms with van der Waals surface area (Å²) in [5.41, 5.74) is -0.943. The molecule has 1 heterocycles. The van der Waals surface area contributed by atoms with Gasteiger partial charge in [-0.05, 0) is 30.3 Å². The first-order valence-corrected chi connectivity index (χ1v) is 6.66. The SMILES string of the molecule is CN(C(=O)c1ccc(Br)c(C(F)(F)F)c1)c1ccccn1. The van der Waals surface area contributed by atoms with Crippen LogP contribution in [0.3, 0.4) is 0 Å². The van der Waals surface area contributed by atoms with Crippen molar-refractivity contribution < 1.29 is 18.0 Å². The second-order valence-electron chi connectivity index (χ2n) is 4.24. The molecule has 7 heteroatoms. The minimum atomic E-state index is -4.53. The van der Waals surface area contributed by atoms with E-state index in [-0.39, 0.29) is 10.0 Å². The van der Waals surface area contributed by atoms with E-state index in [4.69, 9.17) is 0 Å². The second-order valence-corrected chi connectivity index (χ2v) is 5.10. The van der Waals surface area contributed by atoms with E-state index in [1.165, 1.54) is 30.3 Å². The van der Waals surface area contributed by atoms with Crippen LogP contribution in [-0.2, 0) is 6.18 Å². The molecule has 0 saturated carbocycles. The molecule has 0 saturated heterocycles. The molecule has 0 fully saturated rings. The van der Waals surface area contributed by atoms with E-state index in [2.05, 4.69) is 20.9 Å². The van der Waals surface area contributed by atoms with Gasteiger partial charge in [0, 0.05) is 23.3 Å². The van der Waals surface area contributed by atoms with Crippen molar-refractivity contribution in [2.24, 2.45) is 0 Å². The van der Waals surface area contributed by atoms with Crippen LogP contribution in [-0.4, -0.2) is 17.9 Å². The number of rotatable bonds is 2. The number of carbonyl (C=O) groups excluding carboxylic acids is 1. The van der Waals surface area contributed by atoms with Gasteiger partial charge in [-0.15, -0.1) is 0 Å². The van der Waals surface area contributed by atoms with Crippen molar-refractivity contribution in [2.75, 3.05) is 11.9 Å². The van der Waals surface area contributed by atoms with Crippen molar-refractivity contribution in [1.29, 1.82) is 0 Å². The molecule has 0 atom stereocenters. The lowest BCUT2D eigenvalue weighted by atomic mass is 10.1. The molecule has 0 N–H and O–H groups in total. The molecular weight excluding hydrogens is 349 g/mol. The summed E-state index contributed by atoms with van der Waals surface area (Å²) in [7, 11) is 1.46. The zero-order chi connectivity index (χ0) is 15.6. The topological polar surface area (TPSA) is 33.2 Å². The Labute approximate surface area is 127 Å². The Hall–Kier alpha value is -1.89. The van der Waals surface area contributed by atoms with Crippen molar-refractivity contribution in [3.8, 4) is 0 Å². The van der Waals surface area contributed by atoms with Crippen molar-refractivity contribution in [2.45, 2.75) is 6.18 Å². The Balaban J connectivity index is 2.36. The van der Waals surface area contributed by atoms with Gasteiger partial charge in [0.2, 0.25) is 0 Å². The van der Waals surface area contributed by atoms with Crippen LogP contribution in [0.5, 0.6) is 0 Å². The maximum Gasteiger partial charge on any atom is 0.417 e. The van der Waals surface area contributed by atoms with Crippen LogP contribution in [0.2, 0.25) is 0 Å². The van der Waals surface area contributed by atoms with Crippen LogP contribution in [0.1, 0.15) is 15.9 Å². The highest BCUT2D eigenvalue weighted by molar-refractivity contribution is 9.10. The molecule has 0 aliphatic heterocycles. The Morgan fingerprint density at radius 3 is 2.52 bits per heavy atom. The van der Waals surface area contributed by atoms with E-state index in [1.54, 1.807) is 18.2 Å². The van der Waals surface area contributed by atoms with Crippen LogP contribution in [0.25, 0.3) is 0 Å². The van der Waals surface area contributed by atoms with Crippen LogP contribution < -0.4 is 4.90 Å². The normalized spacial score (nSPS) is 11.3. The number of alkyl halides is 3. The first-order chi connectivity index (χ1) is 9.80. The molecule has 0 radical (unpaired) electrons. The smallest absolute Gasteiger partial charge is 0.296 e. The maximum atomic E-state index is 12.8. The van der Waals surface area contributed by atoms with E-state index in [9.17, 15) is 18.0 Å². The molecule has 21 heavy (non-hydrogen) atoms. The van der Waals surface area contributed by atoms with Gasteiger partial charge in [-0.1, -0.05) is 22.0 Å². The predicted molar refractivity (Wildman–Crippen MR) is 76.1 cm³/mol. The molecule has 0 aliphatic rings. The molecular formula is C14H10BrF3N2O. The van der Waals surface area contributed by atoms with Gasteiger partial charge in [-0.25, -0.2) is 4.98 Å². The van der Waals surface area contributed by atoms with Gasteiger partial charge >= 0.3 is 6.18 Å². The summed E-state index contributed by atoms with van der Waals surface area (Å²) in [6.45, 7) is 0. The maximum absolute atomic E-state index is 12.8. The molecule has 0 spiro atoms. The van der Waals surface area contributed by atoms with Gasteiger partial charge in [0.25, 0.3) is 5.91 Å². The minimum absolute atomic E-state index is 0.0568. The summed E-state index contributed by atoms with van der Waals surface area (Å²) in [6.07, 6.45) is -3.03. The average Bonchev–Trinajstić information content (AvgIpc) is 2.46. The zero-order valence-corrected chi connectivity index (χ0v) is 12.4. The quantitative estimate of drug-likeness (QED) is 0.808. The number of hydrogen-bond acceptors (Lipinski definition) is 2. The van der Waals surface area contributed by atoms with Crippen molar-refractivity contribution in [3.63, 3.8) is 0 Å². The number of aromatic nitrogens is 1. The molecule has 1 amide bonds. The Morgan fingerprint density at radius 2 is 1.95 bits per heavy atom. The van der Waals surface area contributed by atoms with Gasteiger partial charge in [-0.3, -0.25) is 9.69 Å². The van der Waals surface area contributed by atoms with Gasteiger partial charge in [0.05, 0.1) is 5.56 Å². The minimum Gasteiger partial charge on any atom is -0.296 e. The molecule has 2 aromatic rings. The third-order valence-corrected chi connectivity index (χ3v) is 3.51. The summed E-state index contributed by atoms with van der Waals surface area (Å²) in [5, 5.41) is 0. The second kappa shape index (κ2) is 5.85. The lowest BCUT2D eigenvalue weighted by Gasteiger charge is -2.17. The predicted octanol–water partition coefficient (Wildman–Crippen LogP) is 4.14. The zero-order valence-electron chi connectivity index (χ0n) is 10.9. The summed E-state index contributed by atoms with van der Waals surface area (Å²) in [6, 6.07) is 8.34. The number of anilines is 1. The lowest BCUT2D eigenvalue weighted by Crippen LogP contribution is -2.27. The molecule has 0 aliphatic carbocycles. The van der Waals surface area contributed by atoms with Crippen LogP contribution in [0, 0.1) is 0 Å². The number of pyridine rings is 1. The van der Waals surface area contributed by atoms with Crippen molar-refractivity contribution in [1.82, 2.24) is 4.98 Å². The fraction of sp³-hybridized carbons (Fsp3) is 0.143. The monoisotopic (exact) mass is 358 g/mol. The molecule has 110 valence electrons. The number of amides is 1. The first kappa shape index (κ1) is 15.5. The largest absolute Gasteiger partial charge is 0.417 e. The Kier molecular flexibility index (Phi) is 4.32. The molecule has 0 unspecified atom stereocenters. The number of hydrogen-bond donors (Lipinski definition) is 0. The first-order valence-electron chi connectivity index (χ1n) is 5.86. The standard InChI is InChI=1S/C14H10BrF3N2O/c1-20(12-4-2-3-7-19-12)13(21)9-5-6-11(15)10(8-9)14(16,17)18/h2-8H,1H3. The summed E-state index contributed by atoms with van der Waals surface area (Å²) in [4.78, 5) is 17.4. The Bertz CT molecular complexity index is 659. The van der Waals surface area contributed by atoms with Crippen LogP contribution in [0.4, 0.5) is 19.0 Å². The van der Waals surface area contributed by atoms with E-state index < -0.39 is 17.6 Å². The van der Waals surface area contributed by atoms with Gasteiger partial charge in [0.1, 0.15) is 5.82 Å². The highest BCUT2D eigenvalue weighted by Gasteiger charge is 2.33. The highest BCUT2D eigenvalue weighted by atomic mass is 79.9. The van der Waals surface area contributed by atoms with E-state index >= 15 is 0 Å². The Morgan fingerprint density at radius 1 is 1.24 bits per heavy atom. The number of carbonyl (C=O) groups is 1. The highest BCUT2D eigenvalue weighted by Crippen LogP contribution is 2.35. The van der Waals surface area contributed by atoms with Crippen molar-refractivity contribution >= 4 is 27.7 Å². The summed E-state index contributed by atoms with van der Waals surface area (Å²) in [5.74, 6) is -0.203. The summed E-state index contributed by atoms with van der Waals surface area (Å²) < 4.78 is 38.4. The third-order valence-electron chi connectivity index (χ3n) is 2.82. The molecule has 0 bridgehead atoms. The number of nitrogens with zero attached hydrogens (tertiary/aromatic N) is 2. The fourth-order valence-electron chi connectivity index (χ4n) is 1.73. The van der Waals surface area contributed by atoms with Gasteiger partial charge in [-0.2, -0.15) is 13.2 Å². The van der Waals surface area contributed by atoms with Gasteiger partial charge < -0.3 is 0 Å². The third kappa shape index (κ3) is 3.41. The fourth-order valence-corrected chi connectivity index (χ4v) is 2.20. The average molecular weight is 359 g/mol. The summed E-state index contributed by atoms with van der Waals surface area (Å²) >= 11 is 2.84. The number of halogens is 4. The van der Waals surface area contributed by atoms with E-state index in [0.29, 0.717) is 5.82 Å². The molecule has 3 nitrogen and oxygen atoms in total. The van der Waals surface area contributed by atoms with Crippen LogP contribution >= 0.6 is 15.9 Å².